The second-order valence-electron chi connectivity index (χ2n) is 10.0. The molecular formula is C23H35N3O4S. The first-order valence-electron chi connectivity index (χ1n) is 11.5. The van der Waals surface area contributed by atoms with Crippen LogP contribution < -0.4 is 10.6 Å². The fraction of sp³-hybridized carbons (Fsp3) is 0.783. The van der Waals surface area contributed by atoms with Crippen LogP contribution in [0.1, 0.15) is 62.9 Å². The fourth-order valence-electron chi connectivity index (χ4n) is 5.78. The average Bonchev–Trinajstić information content (AvgIpc) is 3.49. The maximum atomic E-state index is 12.6. The maximum absolute atomic E-state index is 12.6. The van der Waals surface area contributed by atoms with Crippen molar-refractivity contribution < 1.29 is 19.4 Å². The van der Waals surface area contributed by atoms with Crippen molar-refractivity contribution in [3.63, 3.8) is 0 Å². The van der Waals surface area contributed by atoms with E-state index in [0.29, 0.717) is 18.3 Å². The number of aliphatic hydroxyl groups excluding tert-OH is 1. The Bertz CT molecular complexity index is 839. The van der Waals surface area contributed by atoms with Gasteiger partial charge in [-0.25, -0.2) is 4.98 Å². The summed E-state index contributed by atoms with van der Waals surface area (Å²) in [5.41, 5.74) is 0.981. The van der Waals surface area contributed by atoms with Gasteiger partial charge in [0.2, 0.25) is 11.8 Å². The summed E-state index contributed by atoms with van der Waals surface area (Å²) in [5, 5.41) is 18.1. The molecule has 0 aromatic carbocycles. The van der Waals surface area contributed by atoms with Crippen molar-refractivity contribution in [3.8, 4) is 0 Å². The summed E-state index contributed by atoms with van der Waals surface area (Å²) in [6.45, 7) is 7.29. The molecule has 7 nitrogen and oxygen atoms in total. The quantitative estimate of drug-likeness (QED) is 0.556. The molecule has 0 spiro atoms. The number of hydrogen-bond acceptors (Lipinski definition) is 6. The van der Waals surface area contributed by atoms with Crippen LogP contribution in [0.25, 0.3) is 0 Å². The van der Waals surface area contributed by atoms with E-state index < -0.39 is 6.10 Å². The van der Waals surface area contributed by atoms with E-state index in [2.05, 4.69) is 24.5 Å². The molecule has 2 saturated carbocycles. The van der Waals surface area contributed by atoms with E-state index in [1.165, 1.54) is 4.88 Å². The van der Waals surface area contributed by atoms with Crippen molar-refractivity contribution in [1.82, 2.24) is 10.3 Å². The number of nitrogens with one attached hydrogen (secondary N) is 2. The normalized spacial score (nSPS) is 33.2. The van der Waals surface area contributed by atoms with Gasteiger partial charge in [0.15, 0.2) is 5.13 Å². The number of methoxy groups -OCH3 is 1. The van der Waals surface area contributed by atoms with E-state index in [-0.39, 0.29) is 46.8 Å². The van der Waals surface area contributed by atoms with Crippen molar-refractivity contribution in [2.24, 2.45) is 29.1 Å². The summed E-state index contributed by atoms with van der Waals surface area (Å²) < 4.78 is 5.02. The van der Waals surface area contributed by atoms with Crippen molar-refractivity contribution >= 4 is 28.3 Å². The molecule has 31 heavy (non-hydrogen) atoms. The van der Waals surface area contributed by atoms with Gasteiger partial charge >= 0.3 is 0 Å². The third-order valence-electron chi connectivity index (χ3n) is 7.76. The lowest BCUT2D eigenvalue weighted by Crippen LogP contribution is -2.53. The number of hydrogen-bond donors (Lipinski definition) is 3. The third-order valence-corrected chi connectivity index (χ3v) is 8.75. The second kappa shape index (κ2) is 8.79. The number of thiazole rings is 1. The van der Waals surface area contributed by atoms with Gasteiger partial charge in [0.25, 0.3) is 0 Å². The molecule has 0 unspecified atom stereocenters. The molecule has 172 valence electrons. The zero-order chi connectivity index (χ0) is 22.3. The first-order chi connectivity index (χ1) is 14.7. The highest BCUT2D eigenvalue weighted by Crippen LogP contribution is 2.57. The summed E-state index contributed by atoms with van der Waals surface area (Å²) in [5.74, 6) is 0.00670. The molecular weight excluding hydrogens is 414 g/mol. The molecule has 3 aliphatic carbocycles. The van der Waals surface area contributed by atoms with Crippen LogP contribution in [0.15, 0.2) is 0 Å². The van der Waals surface area contributed by atoms with E-state index in [4.69, 9.17) is 9.72 Å². The van der Waals surface area contributed by atoms with Crippen molar-refractivity contribution in [3.05, 3.63) is 10.6 Å². The lowest BCUT2D eigenvalue weighted by atomic mass is 9.53. The van der Waals surface area contributed by atoms with Gasteiger partial charge in [0.1, 0.15) is 0 Å². The van der Waals surface area contributed by atoms with Crippen LogP contribution in [0, 0.1) is 29.1 Å². The van der Waals surface area contributed by atoms with Crippen molar-refractivity contribution in [1.29, 1.82) is 0 Å². The van der Waals surface area contributed by atoms with Gasteiger partial charge in [0.05, 0.1) is 18.4 Å². The summed E-state index contributed by atoms with van der Waals surface area (Å²) >= 11 is 1.59. The summed E-state index contributed by atoms with van der Waals surface area (Å²) in [6.07, 6.45) is 4.05. The number of carbonyl (C=O) groups is 2. The van der Waals surface area contributed by atoms with Gasteiger partial charge in [-0.1, -0.05) is 20.8 Å². The van der Waals surface area contributed by atoms with Crippen LogP contribution in [-0.4, -0.2) is 48.3 Å². The van der Waals surface area contributed by atoms with Crippen LogP contribution >= 0.6 is 11.3 Å². The maximum Gasteiger partial charge on any atom is 0.229 e. The summed E-state index contributed by atoms with van der Waals surface area (Å²) in [4.78, 5) is 30.8. The molecule has 0 radical (unpaired) electrons. The molecule has 0 aliphatic heterocycles. The minimum atomic E-state index is -0.559. The molecule has 2 amide bonds. The van der Waals surface area contributed by atoms with E-state index in [1.54, 1.807) is 18.4 Å². The monoisotopic (exact) mass is 449 g/mol. The smallest absolute Gasteiger partial charge is 0.229 e. The molecule has 1 heterocycles. The Morgan fingerprint density at radius 2 is 2.10 bits per heavy atom. The zero-order valence-corrected chi connectivity index (χ0v) is 19.8. The Labute approximate surface area is 188 Å². The van der Waals surface area contributed by atoms with Gasteiger partial charge in [-0.15, -0.1) is 11.3 Å². The van der Waals surface area contributed by atoms with Crippen molar-refractivity contribution in [2.45, 2.75) is 64.9 Å². The van der Waals surface area contributed by atoms with E-state index in [0.717, 1.165) is 37.8 Å². The largest absolute Gasteiger partial charge is 0.392 e. The number of nitrogens with zero attached hydrogens (tertiary/aromatic N) is 1. The number of carbonyl (C=O) groups excluding carboxylic acids is 2. The number of anilines is 1. The van der Waals surface area contributed by atoms with Gasteiger partial charge in [-0.05, 0) is 49.4 Å². The third kappa shape index (κ3) is 4.39. The van der Waals surface area contributed by atoms with Crippen molar-refractivity contribution in [2.75, 3.05) is 25.6 Å². The standard InChI is InChI=1S/C23H35N3O4S/c1-12(20(28)24-9-10-30-4)15-7-8-23(3)11-16-18(13(2)17(23)19(15)27)25-22(31-16)26-21(29)14-5-6-14/h12-15,17,19,27H,5-11H2,1-4H3,(H,24,28)(H,25,26,29)/t12-,13-,15-,17+,19-,23-/m0/s1. The summed E-state index contributed by atoms with van der Waals surface area (Å²) in [7, 11) is 1.61. The van der Waals surface area contributed by atoms with Crippen LogP contribution in [-0.2, 0) is 20.7 Å². The van der Waals surface area contributed by atoms with E-state index >= 15 is 0 Å². The van der Waals surface area contributed by atoms with Crippen LogP contribution in [0.5, 0.6) is 0 Å². The topological polar surface area (TPSA) is 101 Å². The number of rotatable bonds is 7. The SMILES string of the molecule is COCCNC(=O)[C@@H](C)[C@@H]1CC[C@@]2(C)Cc3sc(NC(=O)C4CC4)nc3[C@@H](C)[C@@H]2[C@H]1O. The minimum absolute atomic E-state index is 0.0208. The van der Waals surface area contributed by atoms with Gasteiger partial charge in [0, 0.05) is 36.3 Å². The Morgan fingerprint density at radius 1 is 1.35 bits per heavy atom. The number of amides is 2. The minimum Gasteiger partial charge on any atom is -0.392 e. The van der Waals surface area contributed by atoms with Gasteiger partial charge < -0.3 is 20.5 Å². The Hall–Kier alpha value is -1.51. The highest BCUT2D eigenvalue weighted by atomic mass is 32.1. The molecule has 6 atom stereocenters. The van der Waals surface area contributed by atoms with E-state index in [1.807, 2.05) is 6.92 Å². The predicted octanol–water partition coefficient (Wildman–Crippen LogP) is 2.94. The molecule has 3 N–H and O–H groups in total. The lowest BCUT2D eigenvalue weighted by molar-refractivity contribution is -0.135. The molecule has 4 rings (SSSR count). The molecule has 1 aromatic heterocycles. The molecule has 3 aliphatic rings. The number of fused-ring (bicyclic) bond motifs is 2. The van der Waals surface area contributed by atoms with Crippen LogP contribution in [0.4, 0.5) is 5.13 Å². The highest BCUT2D eigenvalue weighted by molar-refractivity contribution is 7.15. The molecule has 0 saturated heterocycles. The first-order valence-corrected chi connectivity index (χ1v) is 12.3. The fourth-order valence-corrected chi connectivity index (χ4v) is 7.05. The molecule has 1 aromatic rings. The number of ether oxygens (including phenoxy) is 1. The highest BCUT2D eigenvalue weighted by Gasteiger charge is 2.54. The first kappa shape index (κ1) is 22.7. The Kier molecular flexibility index (Phi) is 6.43. The predicted molar refractivity (Wildman–Crippen MR) is 120 cm³/mol. The van der Waals surface area contributed by atoms with Crippen LogP contribution in [0.3, 0.4) is 0 Å². The van der Waals surface area contributed by atoms with Gasteiger partial charge in [-0.2, -0.15) is 0 Å². The van der Waals surface area contributed by atoms with E-state index in [9.17, 15) is 14.7 Å². The zero-order valence-electron chi connectivity index (χ0n) is 18.9. The lowest BCUT2D eigenvalue weighted by Gasteiger charge is -2.53. The number of aliphatic hydroxyl groups is 1. The van der Waals surface area contributed by atoms with Crippen LogP contribution in [0.2, 0.25) is 0 Å². The second-order valence-corrected chi connectivity index (χ2v) is 11.1. The average molecular weight is 450 g/mol. The molecule has 2 fully saturated rings. The molecule has 0 bridgehead atoms. The Morgan fingerprint density at radius 3 is 2.77 bits per heavy atom. The van der Waals surface area contributed by atoms with Gasteiger partial charge in [-0.3, -0.25) is 9.59 Å². The Balaban J connectivity index is 1.50. The molecule has 8 heteroatoms. The number of aromatic nitrogens is 1. The summed E-state index contributed by atoms with van der Waals surface area (Å²) in [6, 6.07) is 0.